The van der Waals surface area contributed by atoms with E-state index in [1.807, 2.05) is 6.92 Å². The van der Waals surface area contributed by atoms with Crippen molar-refractivity contribution in [2.24, 2.45) is 0 Å². The molecule has 0 aliphatic heterocycles. The van der Waals surface area contributed by atoms with Gasteiger partial charge in [-0.05, 0) is 44.1 Å². The molecule has 2 fully saturated rings. The smallest absolute Gasteiger partial charge is 0.187 e. The highest BCUT2D eigenvalue weighted by molar-refractivity contribution is 7.92. The van der Waals surface area contributed by atoms with E-state index in [0.717, 1.165) is 37.2 Å². The van der Waals surface area contributed by atoms with Gasteiger partial charge in [0.15, 0.2) is 15.7 Å². The zero-order valence-corrected chi connectivity index (χ0v) is 13.0. The van der Waals surface area contributed by atoms with Crippen LogP contribution in [0.3, 0.4) is 0 Å². The molecule has 0 amide bonds. The Hall–Kier alpha value is -0.860. The second-order valence-electron chi connectivity index (χ2n) is 5.36. The molecule has 20 heavy (non-hydrogen) atoms. The first kappa shape index (κ1) is 14.1. The molecule has 0 saturated heterocycles. The van der Waals surface area contributed by atoms with Crippen LogP contribution in [0.2, 0.25) is 0 Å². The maximum atomic E-state index is 12.4. The summed E-state index contributed by atoms with van der Waals surface area (Å²) in [6, 6.07) is 0.250. The Morgan fingerprint density at radius 2 is 2.15 bits per heavy atom. The topological polar surface area (TPSA) is 94.3 Å². The van der Waals surface area contributed by atoms with Gasteiger partial charge < -0.3 is 15.8 Å². The van der Waals surface area contributed by atoms with Crippen LogP contribution < -0.4 is 11.1 Å². The van der Waals surface area contributed by atoms with Gasteiger partial charge in [-0.3, -0.25) is 0 Å². The molecule has 0 unspecified atom stereocenters. The summed E-state index contributed by atoms with van der Waals surface area (Å²) in [5, 5.41) is 3.59. The Balaban J connectivity index is 1.72. The average Bonchev–Trinajstić information content (AvgIpc) is 3.12. The summed E-state index contributed by atoms with van der Waals surface area (Å²) in [6.45, 7) is 2.69. The van der Waals surface area contributed by atoms with E-state index in [0.29, 0.717) is 11.6 Å². The maximum absolute atomic E-state index is 12.4. The van der Waals surface area contributed by atoms with Gasteiger partial charge in [0.05, 0.1) is 11.4 Å². The Bertz CT molecular complexity index is 589. The molecule has 6 nitrogen and oxygen atoms in total. The fraction of sp³-hybridized carbons (Fsp3) is 0.750. The van der Waals surface area contributed by atoms with Crippen molar-refractivity contribution < 1.29 is 13.2 Å². The fourth-order valence-corrected chi connectivity index (χ4v) is 5.40. The zero-order chi connectivity index (χ0) is 14.3. The molecule has 0 atom stereocenters. The van der Waals surface area contributed by atoms with E-state index in [-0.39, 0.29) is 28.1 Å². The molecule has 0 aromatic carbocycles. The maximum Gasteiger partial charge on any atom is 0.187 e. The monoisotopic (exact) mass is 317 g/mol. The highest BCUT2D eigenvalue weighted by Crippen LogP contribution is 2.42. The lowest BCUT2D eigenvalue weighted by Gasteiger charge is -2.35. The van der Waals surface area contributed by atoms with E-state index in [1.54, 1.807) is 0 Å². The van der Waals surface area contributed by atoms with Crippen LogP contribution in [-0.4, -0.2) is 36.8 Å². The van der Waals surface area contributed by atoms with E-state index in [4.69, 9.17) is 10.5 Å². The minimum atomic E-state index is -3.31. The summed E-state index contributed by atoms with van der Waals surface area (Å²) in [5.74, 6) is 0.130. The number of hydrogen-bond acceptors (Lipinski definition) is 7. The van der Waals surface area contributed by atoms with Crippen LogP contribution in [0.5, 0.6) is 0 Å². The lowest BCUT2D eigenvalue weighted by molar-refractivity contribution is 0.00301. The predicted octanol–water partition coefficient (Wildman–Crippen LogP) is 1.64. The van der Waals surface area contributed by atoms with Gasteiger partial charge in [0, 0.05) is 12.6 Å². The number of sulfone groups is 1. The van der Waals surface area contributed by atoms with Crippen molar-refractivity contribution in [1.82, 2.24) is 4.37 Å². The number of hydrogen-bond donors (Lipinski definition) is 2. The largest absolute Gasteiger partial charge is 0.382 e. The lowest BCUT2D eigenvalue weighted by atomic mass is 9.89. The molecule has 1 aromatic rings. The second kappa shape index (κ2) is 5.16. The highest BCUT2D eigenvalue weighted by atomic mass is 32.2. The van der Waals surface area contributed by atoms with Crippen molar-refractivity contribution in [2.45, 2.75) is 54.9 Å². The quantitative estimate of drug-likeness (QED) is 0.828. The molecule has 2 aliphatic carbocycles. The minimum Gasteiger partial charge on any atom is -0.382 e. The summed E-state index contributed by atoms with van der Waals surface area (Å²) in [4.78, 5) is 0.213. The van der Waals surface area contributed by atoms with E-state index in [1.165, 1.54) is 0 Å². The van der Waals surface area contributed by atoms with Gasteiger partial charge in [-0.25, -0.2) is 8.42 Å². The number of nitrogens with zero attached hydrogens (tertiary/aromatic N) is 1. The number of rotatable bonds is 6. The molecule has 2 saturated carbocycles. The SMILES string of the molecule is CCOC1CC(Nc2snc(N)c2S(=O)(=O)C2CC2)C1. The summed E-state index contributed by atoms with van der Waals surface area (Å²) >= 11 is 1.13. The first-order valence-electron chi connectivity index (χ1n) is 6.89. The number of nitrogen functional groups attached to an aromatic ring is 1. The van der Waals surface area contributed by atoms with Gasteiger partial charge in [0.2, 0.25) is 0 Å². The molecule has 2 aliphatic rings. The van der Waals surface area contributed by atoms with Crippen molar-refractivity contribution in [3.8, 4) is 0 Å². The normalized spacial score (nSPS) is 26.2. The Kier molecular flexibility index (Phi) is 3.64. The third-order valence-corrected chi connectivity index (χ3v) is 7.01. The number of nitrogens with two attached hydrogens (primary N) is 1. The van der Waals surface area contributed by atoms with Gasteiger partial charge in [-0.2, -0.15) is 4.37 Å². The number of anilines is 2. The first-order valence-corrected chi connectivity index (χ1v) is 9.21. The predicted molar refractivity (Wildman–Crippen MR) is 78.8 cm³/mol. The van der Waals surface area contributed by atoms with Gasteiger partial charge in [-0.1, -0.05) is 0 Å². The van der Waals surface area contributed by atoms with Crippen LogP contribution in [0.15, 0.2) is 4.90 Å². The minimum absolute atomic E-state index is 0.130. The molecule has 0 spiro atoms. The Morgan fingerprint density at radius 3 is 2.75 bits per heavy atom. The van der Waals surface area contributed by atoms with Crippen LogP contribution >= 0.6 is 11.5 Å². The van der Waals surface area contributed by atoms with Crippen molar-refractivity contribution in [1.29, 1.82) is 0 Å². The highest BCUT2D eigenvalue weighted by Gasteiger charge is 2.41. The molecular formula is C12H19N3O3S2. The third-order valence-electron chi connectivity index (χ3n) is 3.75. The van der Waals surface area contributed by atoms with Crippen LogP contribution in [0.1, 0.15) is 32.6 Å². The number of aromatic nitrogens is 1. The van der Waals surface area contributed by atoms with Crippen LogP contribution in [-0.2, 0) is 14.6 Å². The van der Waals surface area contributed by atoms with Crippen molar-refractivity contribution in [3.05, 3.63) is 0 Å². The second-order valence-corrected chi connectivity index (χ2v) is 8.30. The van der Waals surface area contributed by atoms with E-state index < -0.39 is 9.84 Å². The van der Waals surface area contributed by atoms with Gasteiger partial charge in [0.1, 0.15) is 9.90 Å². The van der Waals surface area contributed by atoms with Crippen LogP contribution in [0, 0.1) is 0 Å². The summed E-state index contributed by atoms with van der Waals surface area (Å²) in [6.07, 6.45) is 3.54. The van der Waals surface area contributed by atoms with Crippen LogP contribution in [0.4, 0.5) is 10.8 Å². The summed E-state index contributed by atoms with van der Waals surface area (Å²) in [5.41, 5.74) is 5.76. The van der Waals surface area contributed by atoms with E-state index in [9.17, 15) is 8.42 Å². The van der Waals surface area contributed by atoms with E-state index >= 15 is 0 Å². The van der Waals surface area contributed by atoms with Gasteiger partial charge in [0.25, 0.3) is 0 Å². The van der Waals surface area contributed by atoms with Gasteiger partial charge >= 0.3 is 0 Å². The van der Waals surface area contributed by atoms with Crippen LogP contribution in [0.25, 0.3) is 0 Å². The molecule has 3 rings (SSSR count). The van der Waals surface area contributed by atoms with E-state index in [2.05, 4.69) is 9.69 Å². The Morgan fingerprint density at radius 1 is 1.45 bits per heavy atom. The first-order chi connectivity index (χ1) is 9.52. The number of ether oxygens (including phenoxy) is 1. The molecule has 1 aromatic heterocycles. The summed E-state index contributed by atoms with van der Waals surface area (Å²) in [7, 11) is -3.31. The molecule has 8 heteroatoms. The zero-order valence-electron chi connectivity index (χ0n) is 11.3. The molecule has 3 N–H and O–H groups in total. The van der Waals surface area contributed by atoms with Crippen molar-refractivity contribution in [2.75, 3.05) is 17.7 Å². The van der Waals surface area contributed by atoms with Gasteiger partial charge in [-0.15, -0.1) is 0 Å². The van der Waals surface area contributed by atoms with Crippen molar-refractivity contribution >= 4 is 32.2 Å². The average molecular weight is 317 g/mol. The molecule has 112 valence electrons. The Labute approximate surface area is 122 Å². The lowest BCUT2D eigenvalue weighted by Crippen LogP contribution is -2.40. The molecule has 0 bridgehead atoms. The third kappa shape index (κ3) is 2.51. The summed E-state index contributed by atoms with van der Waals surface area (Å²) < 4.78 is 34.3. The number of nitrogens with one attached hydrogen (secondary N) is 1. The molecule has 0 radical (unpaired) electrons. The van der Waals surface area contributed by atoms with Crippen molar-refractivity contribution in [3.63, 3.8) is 0 Å². The standard InChI is InChI=1S/C12H19N3O3S2/c1-2-18-8-5-7(6-8)14-12-10(11(13)15-19-12)20(16,17)9-3-4-9/h7-9,14H,2-6H2,1H3,(H2,13,15). The molecule has 1 heterocycles. The fourth-order valence-electron chi connectivity index (χ4n) is 2.45. The molecular weight excluding hydrogens is 298 g/mol.